The van der Waals surface area contributed by atoms with E-state index in [0.717, 1.165) is 11.1 Å². The van der Waals surface area contributed by atoms with Crippen molar-refractivity contribution in [3.63, 3.8) is 0 Å². The van der Waals surface area contributed by atoms with E-state index in [2.05, 4.69) is 10.2 Å². The quantitative estimate of drug-likeness (QED) is 0.0963. The third-order valence-corrected chi connectivity index (χ3v) is 6.13. The molecule has 212 valence electrons. The summed E-state index contributed by atoms with van der Waals surface area (Å²) in [5.41, 5.74) is 2.81. The lowest BCUT2D eigenvalue weighted by Crippen LogP contribution is -2.04. The topological polar surface area (TPSA) is 126 Å². The van der Waals surface area contributed by atoms with E-state index in [0.29, 0.717) is 40.9 Å². The minimum atomic E-state index is -0.552. The monoisotopic (exact) mass is 565 g/mol. The smallest absolute Gasteiger partial charge is 0.356 e. The molecule has 0 saturated heterocycles. The van der Waals surface area contributed by atoms with Crippen LogP contribution in [0.25, 0.3) is 11.3 Å². The second-order valence-electron chi connectivity index (χ2n) is 9.08. The molecule has 1 aromatic heterocycles. The van der Waals surface area contributed by atoms with Crippen LogP contribution in [0.2, 0.25) is 0 Å². The fourth-order valence-corrected chi connectivity index (χ4v) is 4.10. The van der Waals surface area contributed by atoms with Crippen LogP contribution in [0.5, 0.6) is 23.0 Å². The van der Waals surface area contributed by atoms with Crippen LogP contribution in [0.15, 0.2) is 103 Å². The highest BCUT2D eigenvalue weighted by atomic mass is 16.6. The minimum absolute atomic E-state index is 0.0687. The first-order valence-electron chi connectivity index (χ1n) is 13.2. The van der Waals surface area contributed by atoms with Crippen LogP contribution >= 0.6 is 0 Å². The summed E-state index contributed by atoms with van der Waals surface area (Å²) in [4.78, 5) is 23.1. The zero-order valence-electron chi connectivity index (χ0n) is 22.7. The van der Waals surface area contributed by atoms with Gasteiger partial charge >= 0.3 is 5.97 Å². The standard InChI is InChI=1S/C32H27N3O7/c1-2-39-32(36)28-19-27(33-34-28)31-29(41-21-23-11-7-4-8-12-23)17-26(40-20-22-9-5-3-6-10-22)18-30(31)42-25-15-13-24(14-16-25)35(37)38/h3-19H,2,20-21H2,1H3,(H,33,34). The van der Waals surface area contributed by atoms with Gasteiger partial charge in [-0.1, -0.05) is 60.7 Å². The van der Waals surface area contributed by atoms with E-state index in [-0.39, 0.29) is 24.6 Å². The molecule has 0 fully saturated rings. The molecule has 42 heavy (non-hydrogen) atoms. The fourth-order valence-electron chi connectivity index (χ4n) is 4.10. The summed E-state index contributed by atoms with van der Waals surface area (Å²) in [5, 5.41) is 18.2. The van der Waals surface area contributed by atoms with E-state index in [1.807, 2.05) is 60.7 Å². The number of rotatable bonds is 12. The number of aromatic nitrogens is 2. The molecule has 4 aromatic carbocycles. The Kier molecular flexibility index (Phi) is 8.73. The zero-order chi connectivity index (χ0) is 29.3. The maximum Gasteiger partial charge on any atom is 0.356 e. The van der Waals surface area contributed by atoms with Crippen LogP contribution in [-0.2, 0) is 18.0 Å². The van der Waals surface area contributed by atoms with Crippen molar-refractivity contribution in [2.24, 2.45) is 0 Å². The average molecular weight is 566 g/mol. The van der Waals surface area contributed by atoms with Crippen LogP contribution in [0, 0.1) is 10.1 Å². The summed E-state index contributed by atoms with van der Waals surface area (Å²) < 4.78 is 23.8. The lowest BCUT2D eigenvalue weighted by Gasteiger charge is -2.18. The molecule has 0 unspecified atom stereocenters. The number of carbonyl (C=O) groups is 1. The maximum atomic E-state index is 12.4. The predicted octanol–water partition coefficient (Wildman–Crippen LogP) is 7.11. The number of nitro groups is 1. The number of aromatic amines is 1. The van der Waals surface area contributed by atoms with E-state index < -0.39 is 10.9 Å². The zero-order valence-corrected chi connectivity index (χ0v) is 22.7. The van der Waals surface area contributed by atoms with Gasteiger partial charge in [0.1, 0.15) is 47.6 Å². The van der Waals surface area contributed by atoms with E-state index in [9.17, 15) is 14.9 Å². The number of carbonyl (C=O) groups excluding carboxylic acids is 1. The lowest BCUT2D eigenvalue weighted by atomic mass is 10.1. The predicted molar refractivity (Wildman–Crippen MR) is 155 cm³/mol. The molecule has 0 spiro atoms. The maximum absolute atomic E-state index is 12.4. The Hall–Kier alpha value is -5.64. The molecule has 10 heteroatoms. The summed E-state index contributed by atoms with van der Waals surface area (Å²) in [6.45, 7) is 2.46. The highest BCUT2D eigenvalue weighted by Gasteiger charge is 2.22. The van der Waals surface area contributed by atoms with Crippen molar-refractivity contribution in [2.45, 2.75) is 20.1 Å². The number of H-pyrrole nitrogens is 1. The third kappa shape index (κ3) is 6.92. The molecule has 10 nitrogen and oxygen atoms in total. The molecule has 0 aliphatic rings. The van der Waals surface area contributed by atoms with Crippen molar-refractivity contribution in [2.75, 3.05) is 6.61 Å². The number of nitro benzene ring substituents is 1. The first kappa shape index (κ1) is 27.9. The lowest BCUT2D eigenvalue weighted by molar-refractivity contribution is -0.384. The first-order chi connectivity index (χ1) is 20.5. The van der Waals surface area contributed by atoms with Gasteiger partial charge in [0.25, 0.3) is 5.69 Å². The number of non-ortho nitro benzene ring substituents is 1. The third-order valence-electron chi connectivity index (χ3n) is 6.13. The second kappa shape index (κ2) is 13.1. The van der Waals surface area contributed by atoms with Crippen LogP contribution in [0.1, 0.15) is 28.5 Å². The van der Waals surface area contributed by atoms with Crippen molar-refractivity contribution in [1.29, 1.82) is 0 Å². The number of nitrogens with one attached hydrogen (secondary N) is 1. The molecule has 0 atom stereocenters. The molecule has 0 radical (unpaired) electrons. The molecule has 0 amide bonds. The van der Waals surface area contributed by atoms with Gasteiger partial charge in [0.2, 0.25) is 0 Å². The Morgan fingerprint density at radius 3 is 2.05 bits per heavy atom. The van der Waals surface area contributed by atoms with E-state index in [1.165, 1.54) is 24.3 Å². The Morgan fingerprint density at radius 2 is 1.43 bits per heavy atom. The number of esters is 1. The molecule has 5 aromatic rings. The summed E-state index contributed by atoms with van der Waals surface area (Å²) in [6, 6.07) is 30.0. The fraction of sp³-hybridized carbons (Fsp3) is 0.125. The molecular formula is C32H27N3O7. The Bertz CT molecular complexity index is 1650. The number of hydrogen-bond donors (Lipinski definition) is 1. The number of nitrogens with zero attached hydrogens (tertiary/aromatic N) is 2. The van der Waals surface area contributed by atoms with Crippen molar-refractivity contribution in [1.82, 2.24) is 10.2 Å². The van der Waals surface area contributed by atoms with E-state index >= 15 is 0 Å². The minimum Gasteiger partial charge on any atom is -0.489 e. The second-order valence-corrected chi connectivity index (χ2v) is 9.08. The summed E-state index contributed by atoms with van der Waals surface area (Å²) in [5.74, 6) is 0.951. The Balaban J connectivity index is 1.58. The molecule has 5 rings (SSSR count). The molecular weight excluding hydrogens is 538 g/mol. The normalized spacial score (nSPS) is 10.6. The summed E-state index contributed by atoms with van der Waals surface area (Å²) >= 11 is 0. The SMILES string of the molecule is CCOC(=O)c1cc(-c2c(OCc3ccccc3)cc(OCc3ccccc3)cc2Oc2ccc([N+](=O)[O-])cc2)n[nH]1. The average Bonchev–Trinajstić information content (AvgIpc) is 3.50. The highest BCUT2D eigenvalue weighted by Crippen LogP contribution is 2.44. The van der Waals surface area contributed by atoms with Crippen molar-refractivity contribution in [3.8, 4) is 34.3 Å². The number of benzene rings is 4. The van der Waals surface area contributed by atoms with Crippen molar-refractivity contribution in [3.05, 3.63) is 130 Å². The van der Waals surface area contributed by atoms with Gasteiger partial charge in [0, 0.05) is 24.3 Å². The van der Waals surface area contributed by atoms with Crippen molar-refractivity contribution < 1.29 is 28.7 Å². The van der Waals surface area contributed by atoms with Crippen molar-refractivity contribution >= 4 is 11.7 Å². The largest absolute Gasteiger partial charge is 0.489 e. The highest BCUT2D eigenvalue weighted by molar-refractivity contribution is 5.89. The summed E-state index contributed by atoms with van der Waals surface area (Å²) in [6.07, 6.45) is 0. The van der Waals surface area contributed by atoms with Gasteiger partial charge in [-0.2, -0.15) is 5.10 Å². The van der Waals surface area contributed by atoms with Crippen LogP contribution < -0.4 is 14.2 Å². The molecule has 0 bridgehead atoms. The van der Waals surface area contributed by atoms with Crippen LogP contribution in [0.3, 0.4) is 0 Å². The molecule has 0 aliphatic carbocycles. The number of ether oxygens (including phenoxy) is 4. The molecule has 0 aliphatic heterocycles. The van der Waals surface area contributed by atoms with Gasteiger partial charge in [0.05, 0.1) is 17.1 Å². The van der Waals surface area contributed by atoms with Gasteiger partial charge in [-0.3, -0.25) is 15.2 Å². The van der Waals surface area contributed by atoms with Gasteiger partial charge in [-0.25, -0.2) is 4.79 Å². The number of hydrogen-bond acceptors (Lipinski definition) is 8. The molecule has 0 saturated carbocycles. The molecule has 1 N–H and O–H groups in total. The Labute approximate surface area is 241 Å². The van der Waals surface area contributed by atoms with Gasteiger partial charge in [0.15, 0.2) is 0 Å². The van der Waals surface area contributed by atoms with E-state index in [1.54, 1.807) is 25.1 Å². The van der Waals surface area contributed by atoms with E-state index in [4.69, 9.17) is 18.9 Å². The van der Waals surface area contributed by atoms with Gasteiger partial charge < -0.3 is 18.9 Å². The summed E-state index contributed by atoms with van der Waals surface area (Å²) in [7, 11) is 0. The van der Waals surface area contributed by atoms with Gasteiger partial charge in [-0.05, 0) is 36.2 Å². The Morgan fingerprint density at radius 1 is 0.810 bits per heavy atom. The van der Waals surface area contributed by atoms with Crippen LogP contribution in [-0.4, -0.2) is 27.7 Å². The molecule has 1 heterocycles. The van der Waals surface area contributed by atoms with Gasteiger partial charge in [-0.15, -0.1) is 0 Å². The first-order valence-corrected chi connectivity index (χ1v) is 13.2. The van der Waals surface area contributed by atoms with Crippen LogP contribution in [0.4, 0.5) is 5.69 Å².